The van der Waals surface area contributed by atoms with Crippen molar-refractivity contribution in [1.82, 2.24) is 9.97 Å². The third kappa shape index (κ3) is 4.02. The molecule has 0 aliphatic carbocycles. The first kappa shape index (κ1) is 12.7. The lowest BCUT2D eigenvalue weighted by molar-refractivity contribution is 0.326. The van der Waals surface area contributed by atoms with Crippen LogP contribution in [0.3, 0.4) is 0 Å². The van der Waals surface area contributed by atoms with Crippen LogP contribution in [0, 0.1) is 0 Å². The van der Waals surface area contributed by atoms with Gasteiger partial charge in [0, 0.05) is 18.3 Å². The summed E-state index contributed by atoms with van der Waals surface area (Å²) in [6.45, 7) is 5.31. The van der Waals surface area contributed by atoms with Gasteiger partial charge >= 0.3 is 0 Å². The summed E-state index contributed by atoms with van der Waals surface area (Å²) in [5.74, 6) is 1.20. The zero-order valence-corrected chi connectivity index (χ0v) is 9.94. The van der Waals surface area contributed by atoms with Crippen LogP contribution in [-0.4, -0.2) is 29.2 Å². The predicted molar refractivity (Wildman–Crippen MR) is 64.6 cm³/mol. The second kappa shape index (κ2) is 7.00. The van der Waals surface area contributed by atoms with Crippen molar-refractivity contribution in [3.8, 4) is 5.88 Å². The van der Waals surface area contributed by atoms with Gasteiger partial charge in [0.2, 0.25) is 11.8 Å². The van der Waals surface area contributed by atoms with Gasteiger partial charge in [0.15, 0.2) is 0 Å². The molecule has 1 rings (SSSR count). The molecule has 0 aliphatic rings. The molecule has 3 N–H and O–H groups in total. The third-order valence-electron chi connectivity index (χ3n) is 2.26. The number of hydrogen-bond acceptors (Lipinski definition) is 5. The highest BCUT2D eigenvalue weighted by atomic mass is 16.5. The highest BCUT2D eigenvalue weighted by Gasteiger charge is 2.07. The first-order valence-electron chi connectivity index (χ1n) is 5.72. The lowest BCUT2D eigenvalue weighted by Crippen LogP contribution is -2.23. The smallest absolute Gasteiger partial charge is 0.226 e. The maximum atomic E-state index is 5.53. The summed E-state index contributed by atoms with van der Waals surface area (Å²) in [5.41, 5.74) is 5.53. The first-order valence-corrected chi connectivity index (χ1v) is 5.72. The molecule has 0 spiro atoms. The van der Waals surface area contributed by atoms with Gasteiger partial charge in [0.25, 0.3) is 0 Å². The number of nitrogens with zero attached hydrogens (tertiary/aromatic N) is 2. The van der Waals surface area contributed by atoms with Crippen LogP contribution >= 0.6 is 0 Å². The Morgan fingerprint density at radius 1 is 1.50 bits per heavy atom. The quantitative estimate of drug-likeness (QED) is 0.732. The fourth-order valence-corrected chi connectivity index (χ4v) is 1.40. The minimum Gasteiger partial charge on any atom is -0.478 e. The van der Waals surface area contributed by atoms with Crippen molar-refractivity contribution >= 4 is 5.95 Å². The zero-order valence-electron chi connectivity index (χ0n) is 9.94. The summed E-state index contributed by atoms with van der Waals surface area (Å²) >= 11 is 0. The van der Waals surface area contributed by atoms with Crippen molar-refractivity contribution in [1.29, 1.82) is 0 Å². The van der Waals surface area contributed by atoms with E-state index in [-0.39, 0.29) is 0 Å². The summed E-state index contributed by atoms with van der Waals surface area (Å²) in [6, 6.07) is 2.07. The number of rotatable bonds is 7. The molecule has 0 amide bonds. The number of hydrogen-bond donors (Lipinski definition) is 2. The molecule has 5 nitrogen and oxygen atoms in total. The number of ether oxygens (including phenoxy) is 1. The number of anilines is 1. The Labute approximate surface area is 96.4 Å². The van der Waals surface area contributed by atoms with Crippen LogP contribution in [-0.2, 0) is 0 Å². The van der Waals surface area contributed by atoms with Crippen molar-refractivity contribution in [2.45, 2.75) is 32.7 Å². The van der Waals surface area contributed by atoms with Crippen molar-refractivity contribution < 1.29 is 4.74 Å². The van der Waals surface area contributed by atoms with E-state index in [0.717, 1.165) is 12.8 Å². The van der Waals surface area contributed by atoms with Gasteiger partial charge in [-0.1, -0.05) is 6.92 Å². The predicted octanol–water partition coefficient (Wildman–Crippen LogP) is 1.41. The minimum atomic E-state index is 0.321. The van der Waals surface area contributed by atoms with E-state index in [9.17, 15) is 0 Å². The van der Waals surface area contributed by atoms with Crippen LogP contribution in [0.15, 0.2) is 12.3 Å². The van der Waals surface area contributed by atoms with Gasteiger partial charge in [-0.15, -0.1) is 0 Å². The van der Waals surface area contributed by atoms with Gasteiger partial charge < -0.3 is 15.8 Å². The topological polar surface area (TPSA) is 73.1 Å². The van der Waals surface area contributed by atoms with Gasteiger partial charge in [-0.05, 0) is 26.3 Å². The van der Waals surface area contributed by atoms with E-state index in [4.69, 9.17) is 10.5 Å². The Kier molecular flexibility index (Phi) is 5.56. The van der Waals surface area contributed by atoms with E-state index >= 15 is 0 Å². The fraction of sp³-hybridized carbons (Fsp3) is 0.636. The molecule has 90 valence electrons. The van der Waals surface area contributed by atoms with Crippen molar-refractivity contribution in [3.05, 3.63) is 12.3 Å². The molecule has 1 atom stereocenters. The molecule has 16 heavy (non-hydrogen) atoms. The van der Waals surface area contributed by atoms with Gasteiger partial charge in [-0.3, -0.25) is 0 Å². The first-order chi connectivity index (χ1) is 7.80. The molecule has 0 saturated heterocycles. The summed E-state index contributed by atoms with van der Waals surface area (Å²) in [6.07, 6.45) is 3.60. The van der Waals surface area contributed by atoms with Crippen LogP contribution in [0.1, 0.15) is 26.7 Å². The van der Waals surface area contributed by atoms with Crippen LogP contribution in [0.5, 0.6) is 5.88 Å². The monoisotopic (exact) mass is 224 g/mol. The number of nitrogens with two attached hydrogens (primary N) is 1. The van der Waals surface area contributed by atoms with Crippen LogP contribution in [0.25, 0.3) is 0 Å². The highest BCUT2D eigenvalue weighted by molar-refractivity contribution is 5.28. The molecule has 0 saturated carbocycles. The maximum absolute atomic E-state index is 5.53. The van der Waals surface area contributed by atoms with Crippen LogP contribution < -0.4 is 15.8 Å². The Hall–Kier alpha value is -1.36. The van der Waals surface area contributed by atoms with Gasteiger partial charge in [0.1, 0.15) is 0 Å². The maximum Gasteiger partial charge on any atom is 0.226 e. The SMILES string of the molecule is CCOc1ccnc(NC(CC)CCN)n1. The molecule has 0 aromatic carbocycles. The van der Waals surface area contributed by atoms with Crippen molar-refractivity contribution in [2.24, 2.45) is 5.73 Å². The lowest BCUT2D eigenvalue weighted by atomic mass is 10.1. The molecule has 1 aromatic rings. The third-order valence-corrected chi connectivity index (χ3v) is 2.26. The molecule has 1 heterocycles. The lowest BCUT2D eigenvalue weighted by Gasteiger charge is -2.15. The normalized spacial score (nSPS) is 12.2. The molecule has 1 unspecified atom stereocenters. The van der Waals surface area contributed by atoms with Gasteiger partial charge in [-0.25, -0.2) is 4.98 Å². The average molecular weight is 224 g/mol. The van der Waals surface area contributed by atoms with Crippen molar-refractivity contribution in [2.75, 3.05) is 18.5 Å². The Bertz CT molecular complexity index is 306. The van der Waals surface area contributed by atoms with Crippen molar-refractivity contribution in [3.63, 3.8) is 0 Å². The molecule has 0 fully saturated rings. The summed E-state index contributed by atoms with van der Waals surface area (Å²) in [4.78, 5) is 8.40. The standard InChI is InChI=1S/C11H20N4O/c1-3-9(5-7-12)14-11-13-8-6-10(15-11)16-4-2/h6,8-9H,3-5,7,12H2,1-2H3,(H,13,14,15). The molecule has 0 radical (unpaired) electrons. The second-order valence-corrected chi connectivity index (χ2v) is 3.48. The highest BCUT2D eigenvalue weighted by Crippen LogP contribution is 2.10. The summed E-state index contributed by atoms with van der Waals surface area (Å²) in [5, 5.41) is 3.25. The molecular weight excluding hydrogens is 204 g/mol. The average Bonchev–Trinajstić information content (AvgIpc) is 2.29. The Morgan fingerprint density at radius 2 is 2.31 bits per heavy atom. The summed E-state index contributed by atoms with van der Waals surface area (Å²) < 4.78 is 5.31. The van der Waals surface area contributed by atoms with E-state index in [2.05, 4.69) is 22.2 Å². The molecular formula is C11H20N4O. The minimum absolute atomic E-state index is 0.321. The van der Waals surface area contributed by atoms with Crippen LogP contribution in [0.2, 0.25) is 0 Å². The van der Waals surface area contributed by atoms with E-state index in [1.54, 1.807) is 12.3 Å². The summed E-state index contributed by atoms with van der Waals surface area (Å²) in [7, 11) is 0. The Morgan fingerprint density at radius 3 is 2.94 bits per heavy atom. The van der Waals surface area contributed by atoms with Gasteiger partial charge in [-0.2, -0.15) is 4.98 Å². The zero-order chi connectivity index (χ0) is 11.8. The molecule has 0 aliphatic heterocycles. The second-order valence-electron chi connectivity index (χ2n) is 3.48. The van der Waals surface area contributed by atoms with E-state index in [0.29, 0.717) is 31.0 Å². The number of nitrogens with one attached hydrogen (secondary N) is 1. The molecule has 5 heteroatoms. The number of aromatic nitrogens is 2. The van der Waals surface area contributed by atoms with E-state index in [1.807, 2.05) is 6.92 Å². The Balaban J connectivity index is 2.60. The van der Waals surface area contributed by atoms with E-state index < -0.39 is 0 Å². The fourth-order valence-electron chi connectivity index (χ4n) is 1.40. The molecule has 1 aromatic heterocycles. The largest absolute Gasteiger partial charge is 0.478 e. The van der Waals surface area contributed by atoms with E-state index in [1.165, 1.54) is 0 Å². The van der Waals surface area contributed by atoms with Crippen LogP contribution in [0.4, 0.5) is 5.95 Å². The molecule has 0 bridgehead atoms. The van der Waals surface area contributed by atoms with Gasteiger partial charge in [0.05, 0.1) is 6.61 Å².